The van der Waals surface area contributed by atoms with Crippen molar-refractivity contribution in [2.24, 2.45) is 0 Å². The first-order chi connectivity index (χ1) is 6.09. The lowest BCUT2D eigenvalue weighted by molar-refractivity contribution is 0.0689. The van der Waals surface area contributed by atoms with E-state index in [1.54, 1.807) is 0 Å². The molecule has 1 atom stereocenters. The van der Waals surface area contributed by atoms with Crippen LogP contribution in [0.2, 0.25) is 0 Å². The van der Waals surface area contributed by atoms with Gasteiger partial charge in [0, 0.05) is 18.5 Å². The van der Waals surface area contributed by atoms with Crippen LogP contribution in [0.1, 0.15) is 21.7 Å². The van der Waals surface area contributed by atoms with Gasteiger partial charge in [0.05, 0.1) is 10.6 Å². The van der Waals surface area contributed by atoms with E-state index in [0.29, 0.717) is 17.3 Å². The average molecular weight is 246 g/mol. The van der Waals surface area contributed by atoms with Crippen LogP contribution in [-0.2, 0) is 12.8 Å². The molecule has 0 saturated heterocycles. The summed E-state index contributed by atoms with van der Waals surface area (Å²) in [4.78, 5) is 13.5. The Morgan fingerprint density at radius 3 is 2.77 bits per heavy atom. The predicted molar refractivity (Wildman–Crippen MR) is 48.9 cm³/mol. The van der Waals surface area contributed by atoms with Gasteiger partial charge in [-0.25, -0.2) is 4.79 Å². The van der Waals surface area contributed by atoms with Crippen molar-refractivity contribution in [2.75, 3.05) is 0 Å². The third kappa shape index (κ3) is 1.28. The van der Waals surface area contributed by atoms with Crippen LogP contribution in [-0.4, -0.2) is 27.3 Å². The molecule has 1 heterocycles. The zero-order valence-corrected chi connectivity index (χ0v) is 8.26. The van der Waals surface area contributed by atoms with Crippen molar-refractivity contribution in [3.05, 3.63) is 21.4 Å². The number of halogens is 1. The van der Waals surface area contributed by atoms with Gasteiger partial charge in [-0.15, -0.1) is 0 Å². The van der Waals surface area contributed by atoms with Gasteiger partial charge in [0.15, 0.2) is 0 Å². The topological polar surface area (TPSA) is 73.3 Å². The average Bonchev–Trinajstić information content (AvgIpc) is 2.51. The number of aromatic carboxylic acids is 1. The molecule has 1 aromatic rings. The van der Waals surface area contributed by atoms with Crippen molar-refractivity contribution >= 4 is 21.9 Å². The van der Waals surface area contributed by atoms with Crippen molar-refractivity contribution in [2.45, 2.75) is 18.9 Å². The molecule has 0 spiro atoms. The van der Waals surface area contributed by atoms with E-state index in [4.69, 9.17) is 5.11 Å². The number of hydrogen-bond acceptors (Lipinski definition) is 2. The van der Waals surface area contributed by atoms with E-state index in [0.717, 1.165) is 11.3 Å². The van der Waals surface area contributed by atoms with Crippen molar-refractivity contribution in [3.8, 4) is 0 Å². The van der Waals surface area contributed by atoms with Crippen LogP contribution in [0.4, 0.5) is 0 Å². The fraction of sp³-hybridized carbons (Fsp3) is 0.375. The standard InChI is InChI=1S/C8H8BrNO3/c9-6-4-1-3(11)2-5(4)10-7(6)8(12)13/h3,10-11H,1-2H2,(H,12,13). The fourth-order valence-electron chi connectivity index (χ4n) is 1.64. The molecule has 5 heteroatoms. The van der Waals surface area contributed by atoms with Crippen molar-refractivity contribution in [3.63, 3.8) is 0 Å². The maximum atomic E-state index is 10.7. The minimum absolute atomic E-state index is 0.178. The largest absolute Gasteiger partial charge is 0.477 e. The van der Waals surface area contributed by atoms with Gasteiger partial charge in [-0.05, 0) is 21.5 Å². The number of aliphatic hydroxyl groups excluding tert-OH is 1. The molecule has 1 unspecified atom stereocenters. The van der Waals surface area contributed by atoms with Gasteiger partial charge in [-0.3, -0.25) is 0 Å². The van der Waals surface area contributed by atoms with Gasteiger partial charge >= 0.3 is 5.97 Å². The summed E-state index contributed by atoms with van der Waals surface area (Å²) in [6, 6.07) is 0. The molecule has 13 heavy (non-hydrogen) atoms. The highest BCUT2D eigenvalue weighted by molar-refractivity contribution is 9.10. The number of fused-ring (bicyclic) bond motifs is 1. The van der Waals surface area contributed by atoms with Crippen LogP contribution in [0, 0.1) is 0 Å². The summed E-state index contributed by atoms with van der Waals surface area (Å²) in [6.45, 7) is 0. The lowest BCUT2D eigenvalue weighted by Gasteiger charge is -1.98. The van der Waals surface area contributed by atoms with Crippen LogP contribution in [0.25, 0.3) is 0 Å². The molecule has 0 aromatic carbocycles. The zero-order chi connectivity index (χ0) is 9.59. The molecule has 0 bridgehead atoms. The van der Waals surface area contributed by atoms with Crippen LogP contribution < -0.4 is 0 Å². The van der Waals surface area contributed by atoms with Gasteiger partial charge in [-0.2, -0.15) is 0 Å². The van der Waals surface area contributed by atoms with Crippen LogP contribution in [0.15, 0.2) is 4.47 Å². The highest BCUT2D eigenvalue weighted by atomic mass is 79.9. The summed E-state index contributed by atoms with van der Waals surface area (Å²) >= 11 is 3.21. The van der Waals surface area contributed by atoms with E-state index in [1.165, 1.54) is 0 Å². The maximum absolute atomic E-state index is 10.7. The molecule has 3 N–H and O–H groups in total. The van der Waals surface area contributed by atoms with E-state index in [2.05, 4.69) is 20.9 Å². The molecule has 0 radical (unpaired) electrons. The quantitative estimate of drug-likeness (QED) is 0.690. The minimum atomic E-state index is -0.976. The normalized spacial score (nSPS) is 20.3. The van der Waals surface area contributed by atoms with Crippen molar-refractivity contribution in [1.29, 1.82) is 0 Å². The Bertz CT molecular complexity index is 372. The van der Waals surface area contributed by atoms with Crippen molar-refractivity contribution in [1.82, 2.24) is 4.98 Å². The second kappa shape index (κ2) is 2.85. The van der Waals surface area contributed by atoms with Gasteiger partial charge in [0.1, 0.15) is 5.69 Å². The van der Waals surface area contributed by atoms with E-state index in [-0.39, 0.29) is 11.8 Å². The summed E-state index contributed by atoms with van der Waals surface area (Å²) in [5.74, 6) is -0.976. The summed E-state index contributed by atoms with van der Waals surface area (Å²) < 4.78 is 0.576. The Morgan fingerprint density at radius 2 is 2.23 bits per heavy atom. The molecule has 1 aromatic heterocycles. The maximum Gasteiger partial charge on any atom is 0.353 e. The van der Waals surface area contributed by atoms with E-state index < -0.39 is 5.97 Å². The second-order valence-corrected chi connectivity index (χ2v) is 3.93. The van der Waals surface area contributed by atoms with Crippen LogP contribution >= 0.6 is 15.9 Å². The molecule has 0 fully saturated rings. The number of aliphatic hydroxyl groups is 1. The number of rotatable bonds is 1. The highest BCUT2D eigenvalue weighted by Gasteiger charge is 2.27. The fourth-order valence-corrected chi connectivity index (χ4v) is 2.31. The predicted octanol–water partition coefficient (Wildman–Crippen LogP) is 0.935. The molecule has 1 aliphatic carbocycles. The molecule has 1 aliphatic rings. The summed E-state index contributed by atoms with van der Waals surface area (Å²) in [6.07, 6.45) is 0.668. The number of nitrogens with one attached hydrogen (secondary N) is 1. The Labute approximate surface area is 82.7 Å². The summed E-state index contributed by atoms with van der Waals surface area (Å²) in [7, 11) is 0. The highest BCUT2D eigenvalue weighted by Crippen LogP contribution is 2.32. The van der Waals surface area contributed by atoms with E-state index >= 15 is 0 Å². The number of carboxylic acid groups (broad SMARTS) is 1. The molecule has 4 nitrogen and oxygen atoms in total. The lowest BCUT2D eigenvalue weighted by Crippen LogP contribution is -2.07. The first kappa shape index (κ1) is 8.77. The smallest absolute Gasteiger partial charge is 0.353 e. The molecule has 0 saturated carbocycles. The molecular formula is C8H8BrNO3. The number of carboxylic acids is 1. The Kier molecular flexibility index (Phi) is 1.92. The lowest BCUT2D eigenvalue weighted by atomic mass is 10.2. The number of aromatic amines is 1. The monoisotopic (exact) mass is 245 g/mol. The van der Waals surface area contributed by atoms with Gasteiger partial charge in [0.25, 0.3) is 0 Å². The van der Waals surface area contributed by atoms with Crippen molar-refractivity contribution < 1.29 is 15.0 Å². The Balaban J connectivity index is 2.47. The third-order valence-electron chi connectivity index (χ3n) is 2.22. The van der Waals surface area contributed by atoms with Gasteiger partial charge in [0.2, 0.25) is 0 Å². The molecular weight excluding hydrogens is 238 g/mol. The molecule has 70 valence electrons. The zero-order valence-electron chi connectivity index (χ0n) is 6.67. The molecule has 0 amide bonds. The van der Waals surface area contributed by atoms with E-state index in [1.807, 2.05) is 0 Å². The summed E-state index contributed by atoms with van der Waals surface area (Å²) in [5, 5.41) is 18.1. The molecule has 0 aliphatic heterocycles. The number of H-pyrrole nitrogens is 1. The van der Waals surface area contributed by atoms with Crippen LogP contribution in [0.5, 0.6) is 0 Å². The Morgan fingerprint density at radius 1 is 1.54 bits per heavy atom. The Hall–Kier alpha value is -0.810. The van der Waals surface area contributed by atoms with Crippen LogP contribution in [0.3, 0.4) is 0 Å². The first-order valence-electron chi connectivity index (χ1n) is 3.90. The third-order valence-corrected chi connectivity index (χ3v) is 3.09. The van der Waals surface area contributed by atoms with E-state index in [9.17, 15) is 9.90 Å². The second-order valence-electron chi connectivity index (χ2n) is 3.14. The number of aromatic nitrogens is 1. The minimum Gasteiger partial charge on any atom is -0.477 e. The van der Waals surface area contributed by atoms with Gasteiger partial charge in [-0.1, -0.05) is 0 Å². The SMILES string of the molecule is O=C(O)c1[nH]c2c(c1Br)CC(O)C2. The molecule has 2 rings (SSSR count). The summed E-state index contributed by atoms with van der Waals surface area (Å²) in [5.41, 5.74) is 1.90. The van der Waals surface area contributed by atoms with Gasteiger partial charge < -0.3 is 15.2 Å². The number of carbonyl (C=O) groups is 1. The first-order valence-corrected chi connectivity index (χ1v) is 4.69. The number of hydrogen-bond donors (Lipinski definition) is 3.